The maximum absolute atomic E-state index is 4.22. The van der Waals surface area contributed by atoms with Gasteiger partial charge in [-0.25, -0.2) is 0 Å². The zero-order chi connectivity index (χ0) is 9.64. The number of hydrogen-bond acceptors (Lipinski definition) is 2. The molecule has 0 spiro atoms. The van der Waals surface area contributed by atoms with E-state index < -0.39 is 0 Å². The number of aryl methyl sites for hydroxylation is 1. The first-order chi connectivity index (χ1) is 6.95. The summed E-state index contributed by atoms with van der Waals surface area (Å²) < 4.78 is 0. The summed E-state index contributed by atoms with van der Waals surface area (Å²) in [6.07, 6.45) is 9.72. The average molecular weight is 186 g/mol. The Balaban J connectivity index is 1.79. The Hall–Kier alpha value is -1.64. The van der Waals surface area contributed by atoms with E-state index in [1.165, 1.54) is 5.56 Å². The first-order valence-electron chi connectivity index (χ1n) is 4.67. The van der Waals surface area contributed by atoms with Gasteiger partial charge < -0.3 is 0 Å². The minimum absolute atomic E-state index is 0.997. The highest BCUT2D eigenvalue weighted by molar-refractivity contribution is 5.14. The number of rotatable bonds is 4. The molecular formula is C11H12N3. The zero-order valence-electron chi connectivity index (χ0n) is 7.85. The summed E-state index contributed by atoms with van der Waals surface area (Å²) in [6.45, 7) is 0. The third kappa shape index (κ3) is 2.42. The summed E-state index contributed by atoms with van der Waals surface area (Å²) in [4.78, 5) is 4.22. The van der Waals surface area contributed by atoms with E-state index >= 15 is 0 Å². The summed E-state index contributed by atoms with van der Waals surface area (Å²) in [7, 11) is 0. The Morgan fingerprint density at radius 3 is 3.07 bits per heavy atom. The Labute approximate surface area is 83.2 Å². The molecule has 0 aliphatic rings. The van der Waals surface area contributed by atoms with Crippen molar-refractivity contribution in [2.75, 3.05) is 0 Å². The van der Waals surface area contributed by atoms with Crippen LogP contribution in [-0.2, 0) is 6.42 Å². The second-order valence-electron chi connectivity index (χ2n) is 3.10. The van der Waals surface area contributed by atoms with Gasteiger partial charge in [0.25, 0.3) is 0 Å². The Morgan fingerprint density at radius 1 is 1.36 bits per heavy atom. The third-order valence-electron chi connectivity index (χ3n) is 2.03. The van der Waals surface area contributed by atoms with Gasteiger partial charge in [0.05, 0.1) is 6.20 Å². The summed E-state index contributed by atoms with van der Waals surface area (Å²) in [5, 5.41) is 6.69. The van der Waals surface area contributed by atoms with Crippen LogP contribution in [0.3, 0.4) is 0 Å². The van der Waals surface area contributed by atoms with Crippen LogP contribution in [0.25, 0.3) is 0 Å². The number of pyridine rings is 1. The van der Waals surface area contributed by atoms with Crippen LogP contribution < -0.4 is 0 Å². The van der Waals surface area contributed by atoms with E-state index in [1.54, 1.807) is 0 Å². The quantitative estimate of drug-likeness (QED) is 0.793. The van der Waals surface area contributed by atoms with E-state index in [2.05, 4.69) is 21.6 Å². The van der Waals surface area contributed by atoms with E-state index in [9.17, 15) is 0 Å². The fraction of sp³-hybridized carbons (Fsp3) is 0.182. The van der Waals surface area contributed by atoms with Crippen molar-refractivity contribution in [1.82, 2.24) is 15.2 Å². The van der Waals surface area contributed by atoms with E-state index in [0.29, 0.717) is 0 Å². The Morgan fingerprint density at radius 2 is 2.36 bits per heavy atom. The number of nitrogens with zero attached hydrogens (tertiary/aromatic N) is 2. The molecule has 0 amide bonds. The van der Waals surface area contributed by atoms with Gasteiger partial charge in [-0.2, -0.15) is 5.10 Å². The normalized spacial score (nSPS) is 10.3. The summed E-state index contributed by atoms with van der Waals surface area (Å²) in [5.74, 6) is 0. The number of H-pyrrole nitrogens is 1. The molecule has 2 aromatic heterocycles. The van der Waals surface area contributed by atoms with E-state index in [-0.39, 0.29) is 0 Å². The van der Waals surface area contributed by atoms with Crippen LogP contribution in [0.2, 0.25) is 0 Å². The monoisotopic (exact) mass is 186 g/mol. The zero-order valence-corrected chi connectivity index (χ0v) is 7.85. The van der Waals surface area contributed by atoms with E-state index in [1.807, 2.05) is 36.8 Å². The number of hydrogen-bond donors (Lipinski definition) is 1. The van der Waals surface area contributed by atoms with Gasteiger partial charge in [0.2, 0.25) is 0 Å². The van der Waals surface area contributed by atoms with Crippen LogP contribution in [0.4, 0.5) is 0 Å². The molecule has 0 bridgehead atoms. The maximum atomic E-state index is 4.22. The van der Waals surface area contributed by atoms with Crippen LogP contribution in [-0.4, -0.2) is 15.2 Å². The number of aromatic amines is 1. The van der Waals surface area contributed by atoms with Crippen LogP contribution >= 0.6 is 0 Å². The van der Waals surface area contributed by atoms with Gasteiger partial charge in [-0.05, 0) is 30.5 Å². The topological polar surface area (TPSA) is 41.6 Å². The molecule has 2 rings (SSSR count). The van der Waals surface area contributed by atoms with Crippen LogP contribution in [0.1, 0.15) is 17.7 Å². The molecule has 0 saturated carbocycles. The van der Waals surface area contributed by atoms with E-state index in [0.717, 1.165) is 18.5 Å². The van der Waals surface area contributed by atoms with Gasteiger partial charge >= 0.3 is 0 Å². The first kappa shape index (κ1) is 8.94. The minimum Gasteiger partial charge on any atom is -0.285 e. The van der Waals surface area contributed by atoms with Crippen molar-refractivity contribution in [3.8, 4) is 0 Å². The lowest BCUT2D eigenvalue weighted by Gasteiger charge is -1.97. The van der Waals surface area contributed by atoms with Crippen LogP contribution in [0, 0.1) is 6.42 Å². The smallest absolute Gasteiger partial charge is 0.0519 e. The molecule has 0 aliphatic heterocycles. The molecule has 1 N–H and O–H groups in total. The fourth-order valence-electron chi connectivity index (χ4n) is 1.30. The maximum Gasteiger partial charge on any atom is 0.0519 e. The largest absolute Gasteiger partial charge is 0.285 e. The number of nitrogens with one attached hydrogen (secondary N) is 1. The van der Waals surface area contributed by atoms with Gasteiger partial charge in [0.1, 0.15) is 0 Å². The Bertz CT molecular complexity index is 353. The summed E-state index contributed by atoms with van der Waals surface area (Å²) in [6, 6.07) is 5.93. The molecule has 2 aromatic rings. The van der Waals surface area contributed by atoms with Crippen molar-refractivity contribution in [2.45, 2.75) is 12.8 Å². The average Bonchev–Trinajstić information content (AvgIpc) is 2.72. The lowest BCUT2D eigenvalue weighted by Crippen LogP contribution is -1.88. The fourth-order valence-corrected chi connectivity index (χ4v) is 1.30. The molecule has 1 radical (unpaired) electrons. The predicted octanol–water partition coefficient (Wildman–Crippen LogP) is 1.99. The highest BCUT2D eigenvalue weighted by atomic mass is 15.1. The van der Waals surface area contributed by atoms with Crippen molar-refractivity contribution in [2.24, 2.45) is 0 Å². The molecule has 0 aromatic carbocycles. The SMILES string of the molecule is [CH](CCc1cn[nH]c1)c1ccccn1. The van der Waals surface area contributed by atoms with Crippen molar-refractivity contribution in [1.29, 1.82) is 0 Å². The summed E-state index contributed by atoms with van der Waals surface area (Å²) in [5.41, 5.74) is 2.27. The standard InChI is InChI=1S/C11H12N3/c1-2-7-12-11(5-1)6-3-4-10-8-13-14-9-10/h1-2,5-9H,3-4H2,(H,13,14). The van der Waals surface area contributed by atoms with Gasteiger partial charge in [-0.15, -0.1) is 0 Å². The first-order valence-corrected chi connectivity index (χ1v) is 4.67. The molecule has 0 atom stereocenters. The van der Waals surface area contributed by atoms with Crippen LogP contribution in [0.15, 0.2) is 36.8 Å². The highest BCUT2D eigenvalue weighted by Crippen LogP contribution is 2.06. The van der Waals surface area contributed by atoms with Crippen molar-refractivity contribution in [3.63, 3.8) is 0 Å². The van der Waals surface area contributed by atoms with Gasteiger partial charge in [0, 0.05) is 24.5 Å². The molecule has 2 heterocycles. The van der Waals surface area contributed by atoms with E-state index in [4.69, 9.17) is 0 Å². The van der Waals surface area contributed by atoms with Gasteiger partial charge in [-0.1, -0.05) is 6.07 Å². The second kappa shape index (κ2) is 4.56. The van der Waals surface area contributed by atoms with Gasteiger partial charge in [-0.3, -0.25) is 10.1 Å². The molecule has 0 aliphatic carbocycles. The van der Waals surface area contributed by atoms with Gasteiger partial charge in [0.15, 0.2) is 0 Å². The lowest BCUT2D eigenvalue weighted by molar-refractivity contribution is 0.935. The molecule has 3 heteroatoms. The minimum atomic E-state index is 0.997. The molecule has 0 saturated heterocycles. The summed E-state index contributed by atoms with van der Waals surface area (Å²) >= 11 is 0. The Kier molecular flexibility index (Phi) is 2.91. The molecule has 0 fully saturated rings. The molecular weight excluding hydrogens is 174 g/mol. The number of aromatic nitrogens is 3. The van der Waals surface area contributed by atoms with Crippen molar-refractivity contribution >= 4 is 0 Å². The lowest BCUT2D eigenvalue weighted by atomic mass is 10.1. The molecule has 0 unspecified atom stereocenters. The van der Waals surface area contributed by atoms with Crippen molar-refractivity contribution in [3.05, 3.63) is 54.5 Å². The predicted molar refractivity (Wildman–Crippen MR) is 54.5 cm³/mol. The molecule has 71 valence electrons. The molecule has 14 heavy (non-hydrogen) atoms. The second-order valence-corrected chi connectivity index (χ2v) is 3.10. The van der Waals surface area contributed by atoms with Crippen LogP contribution in [0.5, 0.6) is 0 Å². The molecule has 3 nitrogen and oxygen atoms in total. The third-order valence-corrected chi connectivity index (χ3v) is 2.03. The highest BCUT2D eigenvalue weighted by Gasteiger charge is 1.96. The van der Waals surface area contributed by atoms with Crippen molar-refractivity contribution < 1.29 is 0 Å².